The van der Waals surface area contributed by atoms with Gasteiger partial charge in [0.2, 0.25) is 0 Å². The number of aryl methyl sites for hydroxylation is 2. The van der Waals surface area contributed by atoms with Gasteiger partial charge in [-0.25, -0.2) is 4.68 Å². The molecule has 3 heterocycles. The van der Waals surface area contributed by atoms with E-state index in [1.807, 2.05) is 23.7 Å². The fraction of sp³-hybridized carbons (Fsp3) is 0.385. The zero-order valence-corrected chi connectivity index (χ0v) is 19.9. The van der Waals surface area contributed by atoms with Gasteiger partial charge in [-0.1, -0.05) is 37.3 Å². The fourth-order valence-corrected chi connectivity index (χ4v) is 4.77. The number of hydrogen-bond donors (Lipinski definition) is 1. The Morgan fingerprint density at radius 2 is 1.94 bits per heavy atom. The summed E-state index contributed by atoms with van der Waals surface area (Å²) in [5.74, 6) is 0.687. The molecule has 0 unspecified atom stereocenters. The molecule has 170 valence electrons. The first-order chi connectivity index (χ1) is 15.8. The van der Waals surface area contributed by atoms with Crippen LogP contribution in [0.5, 0.6) is 0 Å². The topological polar surface area (TPSA) is 79.7 Å². The number of para-hydroxylation sites is 1. The lowest BCUT2D eigenvalue weighted by Crippen LogP contribution is -2.37. The molecule has 0 bridgehead atoms. The Labute approximate surface area is 193 Å². The van der Waals surface area contributed by atoms with E-state index in [2.05, 4.69) is 83.4 Å². The molecule has 0 aliphatic carbocycles. The lowest BCUT2D eigenvalue weighted by Gasteiger charge is -2.32. The second kappa shape index (κ2) is 7.83. The third-order valence-corrected chi connectivity index (χ3v) is 7.29. The number of pyridine rings is 1. The summed E-state index contributed by atoms with van der Waals surface area (Å²) in [5.41, 5.74) is 5.82. The standard InChI is InChI=1S/C26H30N6O/c1-6-26(4,5)32-24(28-29-30-32)23(31-14-13-18-9-7-8-10-21(18)31)20-15-19-12-11-16(2)17(3)22(19)27-25(20)33/h7-12,15,23H,6,13-14H2,1-5H3,(H,27,33)/t23-/m1/s1. The highest BCUT2D eigenvalue weighted by Crippen LogP contribution is 2.38. The minimum atomic E-state index is -0.399. The van der Waals surface area contributed by atoms with Crippen molar-refractivity contribution in [1.82, 2.24) is 25.2 Å². The van der Waals surface area contributed by atoms with Crippen LogP contribution in [0.3, 0.4) is 0 Å². The Hall–Kier alpha value is -3.48. The quantitative estimate of drug-likeness (QED) is 0.495. The largest absolute Gasteiger partial charge is 0.357 e. The minimum absolute atomic E-state index is 0.102. The molecule has 0 saturated carbocycles. The van der Waals surface area contributed by atoms with E-state index >= 15 is 0 Å². The lowest BCUT2D eigenvalue weighted by molar-refractivity contribution is 0.287. The summed E-state index contributed by atoms with van der Waals surface area (Å²) in [6.45, 7) is 11.3. The molecule has 0 fully saturated rings. The van der Waals surface area contributed by atoms with Crippen LogP contribution in [0, 0.1) is 13.8 Å². The number of aromatic amines is 1. The molecule has 2 aromatic carbocycles. The van der Waals surface area contributed by atoms with Crippen molar-refractivity contribution in [2.24, 2.45) is 0 Å². The van der Waals surface area contributed by atoms with Gasteiger partial charge in [-0.15, -0.1) is 5.10 Å². The minimum Gasteiger partial charge on any atom is -0.357 e. The van der Waals surface area contributed by atoms with Gasteiger partial charge in [0.15, 0.2) is 5.82 Å². The number of fused-ring (bicyclic) bond motifs is 2. The molecule has 0 saturated heterocycles. The molecule has 2 aromatic heterocycles. The van der Waals surface area contributed by atoms with Crippen molar-refractivity contribution < 1.29 is 0 Å². The van der Waals surface area contributed by atoms with Crippen LogP contribution < -0.4 is 10.5 Å². The van der Waals surface area contributed by atoms with Crippen molar-refractivity contribution in [3.8, 4) is 0 Å². The van der Waals surface area contributed by atoms with Crippen molar-refractivity contribution in [1.29, 1.82) is 0 Å². The van der Waals surface area contributed by atoms with E-state index in [0.29, 0.717) is 11.4 Å². The number of benzene rings is 2. The van der Waals surface area contributed by atoms with Crippen molar-refractivity contribution >= 4 is 16.6 Å². The highest BCUT2D eigenvalue weighted by molar-refractivity contribution is 5.83. The van der Waals surface area contributed by atoms with Gasteiger partial charge in [0.1, 0.15) is 6.04 Å². The van der Waals surface area contributed by atoms with Crippen LogP contribution in [0.25, 0.3) is 10.9 Å². The van der Waals surface area contributed by atoms with E-state index in [0.717, 1.165) is 47.1 Å². The molecule has 7 nitrogen and oxygen atoms in total. The van der Waals surface area contributed by atoms with Crippen molar-refractivity contribution in [2.45, 2.75) is 59.0 Å². The van der Waals surface area contributed by atoms with Crippen LogP contribution in [0.1, 0.15) is 61.3 Å². The lowest BCUT2D eigenvalue weighted by atomic mass is 9.98. The van der Waals surface area contributed by atoms with E-state index in [9.17, 15) is 4.79 Å². The first-order valence-corrected chi connectivity index (χ1v) is 11.6. The average Bonchev–Trinajstić information content (AvgIpc) is 3.46. The molecule has 0 spiro atoms. The monoisotopic (exact) mass is 442 g/mol. The smallest absolute Gasteiger partial charge is 0.254 e. The Balaban J connectivity index is 1.77. The molecule has 0 radical (unpaired) electrons. The van der Waals surface area contributed by atoms with Crippen molar-refractivity contribution in [3.05, 3.63) is 80.9 Å². The Bertz CT molecular complexity index is 1400. The number of anilines is 1. The molecule has 1 aliphatic rings. The number of hydrogen-bond acceptors (Lipinski definition) is 5. The zero-order valence-electron chi connectivity index (χ0n) is 19.9. The van der Waals surface area contributed by atoms with Crippen LogP contribution in [-0.2, 0) is 12.0 Å². The van der Waals surface area contributed by atoms with E-state index in [1.54, 1.807) is 0 Å². The summed E-state index contributed by atoms with van der Waals surface area (Å²) in [7, 11) is 0. The number of nitrogens with one attached hydrogen (secondary N) is 1. The van der Waals surface area contributed by atoms with Gasteiger partial charge in [-0.3, -0.25) is 4.79 Å². The highest BCUT2D eigenvalue weighted by atomic mass is 16.1. The normalized spacial score (nSPS) is 14.6. The summed E-state index contributed by atoms with van der Waals surface area (Å²) in [6, 6.07) is 14.2. The molecule has 0 amide bonds. The van der Waals surface area contributed by atoms with Gasteiger partial charge in [0.05, 0.1) is 11.1 Å². The second-order valence-electron chi connectivity index (χ2n) is 9.62. The van der Waals surface area contributed by atoms with Gasteiger partial charge < -0.3 is 9.88 Å². The van der Waals surface area contributed by atoms with Crippen LogP contribution in [0.15, 0.2) is 47.3 Å². The third-order valence-electron chi connectivity index (χ3n) is 7.29. The predicted molar refractivity (Wildman–Crippen MR) is 131 cm³/mol. The zero-order chi connectivity index (χ0) is 23.3. The Morgan fingerprint density at radius 1 is 1.15 bits per heavy atom. The van der Waals surface area contributed by atoms with Gasteiger partial charge in [-0.05, 0) is 85.2 Å². The van der Waals surface area contributed by atoms with Crippen LogP contribution >= 0.6 is 0 Å². The van der Waals surface area contributed by atoms with E-state index in [1.165, 1.54) is 5.56 Å². The van der Waals surface area contributed by atoms with Crippen molar-refractivity contribution in [3.63, 3.8) is 0 Å². The Kier molecular flexibility index (Phi) is 5.07. The molecule has 5 rings (SSSR count). The van der Waals surface area contributed by atoms with Crippen LogP contribution in [0.2, 0.25) is 0 Å². The van der Waals surface area contributed by atoms with E-state index < -0.39 is 6.04 Å². The molecule has 33 heavy (non-hydrogen) atoms. The molecule has 1 aliphatic heterocycles. The van der Waals surface area contributed by atoms with Gasteiger partial charge in [-0.2, -0.15) is 0 Å². The van der Waals surface area contributed by atoms with Gasteiger partial charge in [0.25, 0.3) is 5.56 Å². The molecule has 1 atom stereocenters. The number of tetrazole rings is 1. The maximum atomic E-state index is 13.6. The fourth-order valence-electron chi connectivity index (χ4n) is 4.77. The average molecular weight is 443 g/mol. The maximum Gasteiger partial charge on any atom is 0.254 e. The molecule has 7 heteroatoms. The number of aromatic nitrogens is 5. The van der Waals surface area contributed by atoms with E-state index in [4.69, 9.17) is 0 Å². The van der Waals surface area contributed by atoms with Gasteiger partial charge in [0, 0.05) is 17.8 Å². The summed E-state index contributed by atoms with van der Waals surface area (Å²) in [5, 5.41) is 13.9. The number of nitrogens with zero attached hydrogens (tertiary/aromatic N) is 5. The molecular weight excluding hydrogens is 412 g/mol. The first-order valence-electron chi connectivity index (χ1n) is 11.6. The van der Waals surface area contributed by atoms with Crippen LogP contribution in [0.4, 0.5) is 5.69 Å². The maximum absolute atomic E-state index is 13.6. The summed E-state index contributed by atoms with van der Waals surface area (Å²) < 4.78 is 1.89. The van der Waals surface area contributed by atoms with Gasteiger partial charge >= 0.3 is 0 Å². The summed E-state index contributed by atoms with van der Waals surface area (Å²) in [4.78, 5) is 19.0. The second-order valence-corrected chi connectivity index (χ2v) is 9.62. The third kappa shape index (κ3) is 3.43. The van der Waals surface area contributed by atoms with Crippen LogP contribution in [-0.4, -0.2) is 31.7 Å². The first kappa shape index (κ1) is 21.4. The Morgan fingerprint density at radius 3 is 2.73 bits per heavy atom. The predicted octanol–water partition coefficient (Wildman–Crippen LogP) is 4.43. The number of rotatable bonds is 5. The summed E-state index contributed by atoms with van der Waals surface area (Å²) >= 11 is 0. The molecule has 1 N–H and O–H groups in total. The molecular formula is C26H30N6O. The number of H-pyrrole nitrogens is 1. The highest BCUT2D eigenvalue weighted by Gasteiger charge is 2.36. The molecule has 4 aromatic rings. The van der Waals surface area contributed by atoms with E-state index in [-0.39, 0.29) is 11.1 Å². The SMILES string of the molecule is CCC(C)(C)n1nnnc1[C@@H](c1cc2ccc(C)c(C)c2[nH]c1=O)N1CCc2ccccc21. The van der Waals surface area contributed by atoms with Crippen molar-refractivity contribution in [2.75, 3.05) is 11.4 Å². The summed E-state index contributed by atoms with van der Waals surface area (Å²) in [6.07, 6.45) is 1.79.